The van der Waals surface area contributed by atoms with Crippen LogP contribution in [0.1, 0.15) is 36.0 Å². The lowest BCUT2D eigenvalue weighted by molar-refractivity contribution is 0.0954. The smallest absolute Gasteiger partial charge is 0.254 e. The Hall–Kier alpha value is -1.22. The Morgan fingerprint density at radius 3 is 2.88 bits per heavy atom. The van der Waals surface area contributed by atoms with Gasteiger partial charge in [0.05, 0.1) is 10.6 Å². The monoisotopic (exact) mass is 252 g/mol. The van der Waals surface area contributed by atoms with E-state index in [1.54, 1.807) is 18.2 Å². The van der Waals surface area contributed by atoms with Crippen LogP contribution in [0.5, 0.6) is 0 Å². The molecule has 92 valence electrons. The predicted molar refractivity (Wildman–Crippen MR) is 70.2 cm³/mol. The number of rotatable bonds is 5. The topological polar surface area (TPSA) is 55.1 Å². The standard InChI is InChI=1S/C13H17ClN2O/c14-10-4-1-5-11(15)12(10)13(17)16-8-2-3-9-6-7-9/h1,4-5,9H,2-3,6-8,15H2,(H,16,17). The molecule has 1 aliphatic rings. The van der Waals surface area contributed by atoms with Gasteiger partial charge < -0.3 is 11.1 Å². The SMILES string of the molecule is Nc1cccc(Cl)c1C(=O)NCCCC1CC1. The normalized spacial score (nSPS) is 14.6. The van der Waals surface area contributed by atoms with Crippen LogP contribution in [-0.4, -0.2) is 12.5 Å². The lowest BCUT2D eigenvalue weighted by Crippen LogP contribution is -2.25. The average Bonchev–Trinajstić information content (AvgIpc) is 3.08. The lowest BCUT2D eigenvalue weighted by atomic mass is 10.1. The van der Waals surface area contributed by atoms with E-state index in [1.807, 2.05) is 0 Å². The fourth-order valence-electron chi connectivity index (χ4n) is 1.87. The molecule has 0 unspecified atom stereocenters. The maximum atomic E-state index is 11.9. The van der Waals surface area contributed by atoms with Crippen molar-refractivity contribution in [3.8, 4) is 0 Å². The summed E-state index contributed by atoms with van der Waals surface area (Å²) in [6.07, 6.45) is 4.94. The largest absolute Gasteiger partial charge is 0.398 e. The van der Waals surface area contributed by atoms with Gasteiger partial charge in [0.2, 0.25) is 0 Å². The van der Waals surface area contributed by atoms with E-state index in [0.29, 0.717) is 22.8 Å². The van der Waals surface area contributed by atoms with Gasteiger partial charge in [-0.1, -0.05) is 30.5 Å². The molecule has 1 amide bonds. The molecule has 17 heavy (non-hydrogen) atoms. The van der Waals surface area contributed by atoms with Gasteiger partial charge in [-0.05, 0) is 30.9 Å². The zero-order chi connectivity index (χ0) is 12.3. The fraction of sp³-hybridized carbons (Fsp3) is 0.462. The molecule has 1 fully saturated rings. The van der Waals surface area contributed by atoms with Crippen LogP contribution in [0, 0.1) is 5.92 Å². The van der Waals surface area contributed by atoms with Crippen LogP contribution in [0.4, 0.5) is 5.69 Å². The summed E-state index contributed by atoms with van der Waals surface area (Å²) >= 11 is 5.96. The van der Waals surface area contributed by atoms with E-state index in [4.69, 9.17) is 17.3 Å². The number of benzene rings is 1. The van der Waals surface area contributed by atoms with Gasteiger partial charge in [0.1, 0.15) is 0 Å². The van der Waals surface area contributed by atoms with Crippen molar-refractivity contribution in [3.05, 3.63) is 28.8 Å². The number of carbonyl (C=O) groups excluding carboxylic acids is 1. The van der Waals surface area contributed by atoms with E-state index in [0.717, 1.165) is 12.3 Å². The fourth-order valence-corrected chi connectivity index (χ4v) is 2.14. The number of anilines is 1. The molecule has 2 rings (SSSR count). The summed E-state index contributed by atoms with van der Waals surface area (Å²) in [6, 6.07) is 5.10. The number of hydrogen-bond donors (Lipinski definition) is 2. The third kappa shape index (κ3) is 3.37. The van der Waals surface area contributed by atoms with Crippen molar-refractivity contribution in [2.45, 2.75) is 25.7 Å². The molecule has 0 heterocycles. The Morgan fingerprint density at radius 2 is 2.24 bits per heavy atom. The van der Waals surface area contributed by atoms with Crippen LogP contribution >= 0.6 is 11.6 Å². The van der Waals surface area contributed by atoms with Crippen molar-refractivity contribution in [1.82, 2.24) is 5.32 Å². The highest BCUT2D eigenvalue weighted by molar-refractivity contribution is 6.34. The van der Waals surface area contributed by atoms with E-state index in [1.165, 1.54) is 19.3 Å². The summed E-state index contributed by atoms with van der Waals surface area (Å²) in [4.78, 5) is 11.9. The van der Waals surface area contributed by atoms with Crippen LogP contribution in [0.15, 0.2) is 18.2 Å². The summed E-state index contributed by atoms with van der Waals surface area (Å²) in [5, 5.41) is 3.27. The average molecular weight is 253 g/mol. The molecule has 4 heteroatoms. The first-order chi connectivity index (χ1) is 8.18. The second-order valence-corrected chi connectivity index (χ2v) is 4.95. The Kier molecular flexibility index (Phi) is 3.89. The minimum absolute atomic E-state index is 0.177. The molecule has 0 aliphatic heterocycles. The molecule has 3 nitrogen and oxygen atoms in total. The number of nitrogens with two attached hydrogens (primary N) is 1. The number of hydrogen-bond acceptors (Lipinski definition) is 2. The molecule has 3 N–H and O–H groups in total. The van der Waals surface area contributed by atoms with Crippen LogP contribution in [0.2, 0.25) is 5.02 Å². The summed E-state index contributed by atoms with van der Waals surface area (Å²) in [5.41, 5.74) is 6.56. The third-order valence-corrected chi connectivity index (χ3v) is 3.36. The highest BCUT2D eigenvalue weighted by Gasteiger charge is 2.20. The maximum Gasteiger partial charge on any atom is 0.254 e. The van der Waals surface area contributed by atoms with E-state index in [9.17, 15) is 4.79 Å². The van der Waals surface area contributed by atoms with Crippen LogP contribution in [0.25, 0.3) is 0 Å². The number of nitrogens with one attached hydrogen (secondary N) is 1. The lowest BCUT2D eigenvalue weighted by Gasteiger charge is -2.08. The van der Waals surface area contributed by atoms with Crippen LogP contribution < -0.4 is 11.1 Å². The van der Waals surface area contributed by atoms with Crippen molar-refractivity contribution in [2.75, 3.05) is 12.3 Å². The highest BCUT2D eigenvalue weighted by atomic mass is 35.5. The number of halogens is 1. The van der Waals surface area contributed by atoms with Gasteiger partial charge in [-0.3, -0.25) is 4.79 Å². The molecule has 0 bridgehead atoms. The Labute approximate surface area is 106 Å². The molecule has 0 saturated heterocycles. The van der Waals surface area contributed by atoms with E-state index >= 15 is 0 Å². The zero-order valence-corrected chi connectivity index (χ0v) is 10.5. The summed E-state index contributed by atoms with van der Waals surface area (Å²) < 4.78 is 0. The van der Waals surface area contributed by atoms with Gasteiger partial charge in [0.25, 0.3) is 5.91 Å². The molecule has 0 spiro atoms. The summed E-state index contributed by atoms with van der Waals surface area (Å²) in [5.74, 6) is 0.723. The number of carbonyl (C=O) groups is 1. The molecular weight excluding hydrogens is 236 g/mol. The molecule has 0 atom stereocenters. The Morgan fingerprint density at radius 1 is 1.47 bits per heavy atom. The van der Waals surface area contributed by atoms with Gasteiger partial charge in [-0.25, -0.2) is 0 Å². The highest BCUT2D eigenvalue weighted by Crippen LogP contribution is 2.33. The molecule has 1 aromatic carbocycles. The molecule has 1 saturated carbocycles. The molecule has 0 radical (unpaired) electrons. The second kappa shape index (κ2) is 5.41. The number of nitrogen functional groups attached to an aromatic ring is 1. The van der Waals surface area contributed by atoms with Gasteiger partial charge in [-0.15, -0.1) is 0 Å². The molecule has 1 aliphatic carbocycles. The first-order valence-electron chi connectivity index (χ1n) is 6.00. The minimum Gasteiger partial charge on any atom is -0.398 e. The van der Waals surface area contributed by atoms with E-state index in [2.05, 4.69) is 5.32 Å². The van der Waals surface area contributed by atoms with Crippen LogP contribution in [-0.2, 0) is 0 Å². The Balaban J connectivity index is 1.85. The van der Waals surface area contributed by atoms with Crippen molar-refractivity contribution >= 4 is 23.2 Å². The maximum absolute atomic E-state index is 11.9. The number of amides is 1. The first kappa shape index (κ1) is 12.2. The van der Waals surface area contributed by atoms with Crippen molar-refractivity contribution in [3.63, 3.8) is 0 Å². The second-order valence-electron chi connectivity index (χ2n) is 4.55. The summed E-state index contributed by atoms with van der Waals surface area (Å²) in [6.45, 7) is 0.694. The van der Waals surface area contributed by atoms with E-state index in [-0.39, 0.29) is 5.91 Å². The van der Waals surface area contributed by atoms with Crippen LogP contribution in [0.3, 0.4) is 0 Å². The molecule has 1 aromatic rings. The molecule has 0 aromatic heterocycles. The van der Waals surface area contributed by atoms with Gasteiger partial charge in [-0.2, -0.15) is 0 Å². The summed E-state index contributed by atoms with van der Waals surface area (Å²) in [7, 11) is 0. The zero-order valence-electron chi connectivity index (χ0n) is 9.71. The molecular formula is C13H17ClN2O. The minimum atomic E-state index is -0.177. The Bertz CT molecular complexity index is 396. The van der Waals surface area contributed by atoms with Gasteiger partial charge >= 0.3 is 0 Å². The van der Waals surface area contributed by atoms with Crippen molar-refractivity contribution < 1.29 is 4.79 Å². The van der Waals surface area contributed by atoms with Crippen molar-refractivity contribution in [2.24, 2.45) is 5.92 Å². The first-order valence-corrected chi connectivity index (χ1v) is 6.38. The van der Waals surface area contributed by atoms with Gasteiger partial charge in [0, 0.05) is 12.2 Å². The predicted octanol–water partition coefficient (Wildman–Crippen LogP) is 2.84. The van der Waals surface area contributed by atoms with Crippen molar-refractivity contribution in [1.29, 1.82) is 0 Å². The van der Waals surface area contributed by atoms with E-state index < -0.39 is 0 Å². The quantitative estimate of drug-likeness (QED) is 0.625. The third-order valence-electron chi connectivity index (χ3n) is 3.04. The van der Waals surface area contributed by atoms with Gasteiger partial charge in [0.15, 0.2) is 0 Å².